The highest BCUT2D eigenvalue weighted by molar-refractivity contribution is 6.00. The Morgan fingerprint density at radius 2 is 1.97 bits per heavy atom. The van der Waals surface area contributed by atoms with Crippen LogP contribution in [0.3, 0.4) is 0 Å². The highest BCUT2D eigenvalue weighted by Crippen LogP contribution is 2.35. The van der Waals surface area contributed by atoms with Crippen LogP contribution in [0, 0.1) is 0 Å². The molecule has 0 aromatic heterocycles. The molecule has 2 N–H and O–H groups in total. The van der Waals surface area contributed by atoms with E-state index in [0.717, 1.165) is 5.56 Å². The summed E-state index contributed by atoms with van der Waals surface area (Å²) < 4.78 is 10.6. The van der Waals surface area contributed by atoms with Crippen molar-refractivity contribution in [2.24, 2.45) is 0 Å². The molecule has 9 nitrogen and oxygen atoms in total. The molecule has 31 heavy (non-hydrogen) atoms. The zero-order chi connectivity index (χ0) is 22.8. The number of nitrogens with one attached hydrogen (secondary N) is 2. The Hall–Kier alpha value is -2.91. The topological polar surface area (TPSA) is 100 Å². The molecule has 9 heteroatoms. The van der Waals surface area contributed by atoms with Gasteiger partial charge in [-0.2, -0.15) is 0 Å². The van der Waals surface area contributed by atoms with E-state index in [1.54, 1.807) is 44.9 Å². The highest BCUT2D eigenvalue weighted by atomic mass is 16.6. The highest BCUT2D eigenvalue weighted by Gasteiger charge is 2.39. The van der Waals surface area contributed by atoms with Crippen LogP contribution >= 0.6 is 0 Å². The average Bonchev–Trinajstić information content (AvgIpc) is 2.62. The molecule has 1 aromatic rings. The summed E-state index contributed by atoms with van der Waals surface area (Å²) in [5.74, 6) is -0.322. The number of anilines is 2. The third-order valence-electron chi connectivity index (χ3n) is 5.18. The number of hydrogen-bond donors (Lipinski definition) is 2. The number of carbonyl (C=O) groups is 3. The molecule has 2 heterocycles. The van der Waals surface area contributed by atoms with Gasteiger partial charge in [-0.05, 0) is 44.5 Å². The van der Waals surface area contributed by atoms with Crippen LogP contribution in [0.4, 0.5) is 16.2 Å². The van der Waals surface area contributed by atoms with E-state index < -0.39 is 11.7 Å². The van der Waals surface area contributed by atoms with E-state index in [2.05, 4.69) is 22.1 Å². The van der Waals surface area contributed by atoms with E-state index in [0.29, 0.717) is 31.1 Å². The normalized spacial score (nSPS) is 20.1. The largest absolute Gasteiger partial charge is 0.444 e. The van der Waals surface area contributed by atoms with Crippen molar-refractivity contribution in [2.45, 2.75) is 38.5 Å². The third-order valence-corrected chi connectivity index (χ3v) is 5.18. The van der Waals surface area contributed by atoms with Crippen molar-refractivity contribution in [1.29, 1.82) is 0 Å². The maximum absolute atomic E-state index is 12.3. The summed E-state index contributed by atoms with van der Waals surface area (Å²) in [6, 6.07) is 5.31. The number of amides is 3. The molecule has 1 aromatic carbocycles. The minimum absolute atomic E-state index is 0.0445. The van der Waals surface area contributed by atoms with Crippen LogP contribution in [0.15, 0.2) is 30.9 Å². The SMILES string of the molecule is C=CC(=O)Nc1cc(NC(=O)OC(C)(C)C)ccc1C1CN(C)C(=O)CN1C1COC1. The number of benzene rings is 1. The molecule has 1 atom stereocenters. The molecule has 0 spiro atoms. The maximum atomic E-state index is 12.3. The van der Waals surface area contributed by atoms with Gasteiger partial charge in [-0.3, -0.25) is 19.8 Å². The molecule has 2 aliphatic rings. The van der Waals surface area contributed by atoms with E-state index in [1.807, 2.05) is 6.07 Å². The Bertz CT molecular complexity index is 875. The fraction of sp³-hybridized carbons (Fsp3) is 0.500. The van der Waals surface area contributed by atoms with Gasteiger partial charge in [-0.25, -0.2) is 4.79 Å². The van der Waals surface area contributed by atoms with Crippen LogP contribution in [0.2, 0.25) is 0 Å². The number of ether oxygens (including phenoxy) is 2. The van der Waals surface area contributed by atoms with Crippen LogP contribution < -0.4 is 10.6 Å². The van der Waals surface area contributed by atoms with E-state index >= 15 is 0 Å². The van der Waals surface area contributed by atoms with Crippen LogP contribution in [0.1, 0.15) is 32.4 Å². The van der Waals surface area contributed by atoms with Crippen LogP contribution in [-0.4, -0.2) is 72.7 Å². The second kappa shape index (κ2) is 9.07. The monoisotopic (exact) mass is 430 g/mol. The number of rotatable bonds is 5. The number of hydrogen-bond acceptors (Lipinski definition) is 6. The van der Waals surface area contributed by atoms with Crippen molar-refractivity contribution in [3.05, 3.63) is 36.4 Å². The van der Waals surface area contributed by atoms with E-state index in [4.69, 9.17) is 9.47 Å². The summed E-state index contributed by atoms with van der Waals surface area (Å²) in [7, 11) is 1.77. The van der Waals surface area contributed by atoms with Crippen LogP contribution in [-0.2, 0) is 19.1 Å². The van der Waals surface area contributed by atoms with Gasteiger partial charge < -0.3 is 19.7 Å². The first-order chi connectivity index (χ1) is 14.6. The number of likely N-dealkylation sites (N-methyl/N-ethyl adjacent to an activating group) is 1. The van der Waals surface area contributed by atoms with E-state index in [9.17, 15) is 14.4 Å². The lowest BCUT2D eigenvalue weighted by atomic mass is 9.97. The molecule has 0 radical (unpaired) electrons. The summed E-state index contributed by atoms with van der Waals surface area (Å²) in [6.45, 7) is 10.8. The van der Waals surface area contributed by atoms with E-state index in [1.165, 1.54) is 6.08 Å². The predicted octanol–water partition coefficient (Wildman–Crippen LogP) is 2.37. The van der Waals surface area contributed by atoms with Crippen molar-refractivity contribution in [3.63, 3.8) is 0 Å². The third kappa shape index (κ3) is 5.62. The quantitative estimate of drug-likeness (QED) is 0.696. The summed E-state index contributed by atoms with van der Waals surface area (Å²) in [5, 5.41) is 5.53. The standard InChI is InChI=1S/C22H30N4O5/c1-6-19(27)24-17-9-14(23-21(29)31-22(2,3)4)7-8-16(17)18-10-25(5)20(28)11-26(18)15-12-30-13-15/h6-9,15,18H,1,10-13H2,2-5H3,(H,23,29)(H,24,27). The first-order valence-electron chi connectivity index (χ1n) is 10.2. The number of carbonyl (C=O) groups excluding carboxylic acids is 3. The molecule has 3 amide bonds. The molecule has 2 aliphatic heterocycles. The van der Waals surface area contributed by atoms with Crippen molar-refractivity contribution >= 4 is 29.3 Å². The van der Waals surface area contributed by atoms with Gasteiger partial charge in [-0.1, -0.05) is 12.6 Å². The second-order valence-electron chi connectivity index (χ2n) is 8.78. The van der Waals surface area contributed by atoms with Crippen molar-refractivity contribution < 1.29 is 23.9 Å². The van der Waals surface area contributed by atoms with Gasteiger partial charge in [0.25, 0.3) is 0 Å². The zero-order valence-corrected chi connectivity index (χ0v) is 18.4. The molecular formula is C22H30N4O5. The molecule has 0 bridgehead atoms. The number of nitrogens with zero attached hydrogens (tertiary/aromatic N) is 2. The van der Waals surface area contributed by atoms with E-state index in [-0.39, 0.29) is 30.4 Å². The first-order valence-corrected chi connectivity index (χ1v) is 10.2. The lowest BCUT2D eigenvalue weighted by molar-refractivity contribution is -0.147. The van der Waals surface area contributed by atoms with Crippen LogP contribution in [0.5, 0.6) is 0 Å². The summed E-state index contributed by atoms with van der Waals surface area (Å²) in [4.78, 5) is 40.4. The van der Waals surface area contributed by atoms with Gasteiger partial charge in [0.1, 0.15) is 5.60 Å². The Balaban J connectivity index is 1.91. The summed E-state index contributed by atoms with van der Waals surface area (Å²) >= 11 is 0. The van der Waals surface area contributed by atoms with Crippen molar-refractivity contribution in [2.75, 3.05) is 44.0 Å². The van der Waals surface area contributed by atoms with Crippen molar-refractivity contribution in [1.82, 2.24) is 9.80 Å². The molecule has 0 saturated carbocycles. The molecular weight excluding hydrogens is 400 g/mol. The molecule has 168 valence electrons. The van der Waals surface area contributed by atoms with Gasteiger partial charge in [0.05, 0.1) is 31.8 Å². The Morgan fingerprint density at radius 3 is 2.55 bits per heavy atom. The van der Waals surface area contributed by atoms with Gasteiger partial charge in [0, 0.05) is 25.0 Å². The van der Waals surface area contributed by atoms with Gasteiger partial charge in [0.2, 0.25) is 11.8 Å². The smallest absolute Gasteiger partial charge is 0.412 e. The zero-order valence-electron chi connectivity index (χ0n) is 18.4. The van der Waals surface area contributed by atoms with Gasteiger partial charge in [-0.15, -0.1) is 0 Å². The maximum Gasteiger partial charge on any atom is 0.412 e. The summed E-state index contributed by atoms with van der Waals surface area (Å²) in [6.07, 6.45) is 0.601. The Morgan fingerprint density at radius 1 is 1.26 bits per heavy atom. The molecule has 2 saturated heterocycles. The molecule has 3 rings (SSSR count). The Labute approximate surface area is 182 Å². The fourth-order valence-electron chi connectivity index (χ4n) is 3.57. The lowest BCUT2D eigenvalue weighted by Gasteiger charge is -2.47. The molecule has 1 unspecified atom stereocenters. The van der Waals surface area contributed by atoms with Crippen molar-refractivity contribution in [3.8, 4) is 0 Å². The summed E-state index contributed by atoms with van der Waals surface area (Å²) in [5.41, 5.74) is 1.23. The lowest BCUT2D eigenvalue weighted by Crippen LogP contribution is -2.59. The minimum Gasteiger partial charge on any atom is -0.444 e. The van der Waals surface area contributed by atoms with Gasteiger partial charge >= 0.3 is 6.09 Å². The second-order valence-corrected chi connectivity index (χ2v) is 8.78. The average molecular weight is 431 g/mol. The fourth-order valence-corrected chi connectivity index (χ4v) is 3.57. The van der Waals surface area contributed by atoms with Crippen LogP contribution in [0.25, 0.3) is 0 Å². The van der Waals surface area contributed by atoms with Gasteiger partial charge in [0.15, 0.2) is 0 Å². The Kier molecular flexibility index (Phi) is 6.66. The molecule has 0 aliphatic carbocycles. The predicted molar refractivity (Wildman–Crippen MR) is 117 cm³/mol. The minimum atomic E-state index is -0.630. The number of piperazine rings is 1. The first kappa shape index (κ1) is 22.8. The molecule has 2 fully saturated rings.